The zero-order valence-corrected chi connectivity index (χ0v) is 14.6. The van der Waals surface area contributed by atoms with Gasteiger partial charge in [0.2, 0.25) is 0 Å². The number of benzene rings is 1. The first-order valence-corrected chi connectivity index (χ1v) is 8.82. The zero-order chi connectivity index (χ0) is 15.2. The summed E-state index contributed by atoms with van der Waals surface area (Å²) in [5.74, 6) is -0.199. The number of nitrogens with zero attached hydrogens (tertiary/aromatic N) is 1. The number of likely N-dealkylation sites (tertiary alicyclic amines) is 1. The summed E-state index contributed by atoms with van der Waals surface area (Å²) in [6.45, 7) is 8.03. The molecule has 0 bridgehead atoms. The van der Waals surface area contributed by atoms with E-state index >= 15 is 0 Å². The second-order valence-electron chi connectivity index (χ2n) is 6.03. The van der Waals surface area contributed by atoms with Crippen LogP contribution in [0.3, 0.4) is 0 Å². The highest BCUT2D eigenvalue weighted by molar-refractivity contribution is 9.10. The van der Waals surface area contributed by atoms with Crippen molar-refractivity contribution in [2.24, 2.45) is 0 Å². The molecule has 0 radical (unpaired) electrons. The lowest BCUT2D eigenvalue weighted by Gasteiger charge is -2.34. The van der Waals surface area contributed by atoms with Crippen molar-refractivity contribution in [3.05, 3.63) is 34.1 Å². The van der Waals surface area contributed by atoms with Crippen LogP contribution in [-0.2, 0) is 0 Å². The maximum absolute atomic E-state index is 13.3. The Morgan fingerprint density at radius 1 is 1.38 bits per heavy atom. The lowest BCUT2D eigenvalue weighted by Crippen LogP contribution is -2.43. The van der Waals surface area contributed by atoms with Crippen molar-refractivity contribution in [1.29, 1.82) is 0 Å². The van der Waals surface area contributed by atoms with E-state index in [-0.39, 0.29) is 11.9 Å². The van der Waals surface area contributed by atoms with Crippen LogP contribution in [0.5, 0.6) is 0 Å². The van der Waals surface area contributed by atoms with Gasteiger partial charge in [-0.05, 0) is 79.4 Å². The molecule has 0 spiro atoms. The SMILES string of the molecule is CCCCN1CCC(NC(C)c2ccc(F)c(Br)c2)CC1. The van der Waals surface area contributed by atoms with Gasteiger partial charge in [-0.3, -0.25) is 0 Å². The monoisotopic (exact) mass is 356 g/mol. The smallest absolute Gasteiger partial charge is 0.137 e. The quantitative estimate of drug-likeness (QED) is 0.806. The van der Waals surface area contributed by atoms with Gasteiger partial charge in [0.1, 0.15) is 5.82 Å². The Bertz CT molecular complexity index is 444. The lowest BCUT2D eigenvalue weighted by atomic mass is 10.0. The summed E-state index contributed by atoms with van der Waals surface area (Å²) in [6.07, 6.45) is 4.99. The van der Waals surface area contributed by atoms with Gasteiger partial charge < -0.3 is 10.2 Å². The van der Waals surface area contributed by atoms with Crippen molar-refractivity contribution < 1.29 is 4.39 Å². The van der Waals surface area contributed by atoms with E-state index in [9.17, 15) is 4.39 Å². The zero-order valence-electron chi connectivity index (χ0n) is 13.0. The van der Waals surface area contributed by atoms with Crippen molar-refractivity contribution >= 4 is 15.9 Å². The Balaban J connectivity index is 1.81. The largest absolute Gasteiger partial charge is 0.307 e. The molecule has 2 rings (SSSR count). The topological polar surface area (TPSA) is 15.3 Å². The molecule has 1 fully saturated rings. The Morgan fingerprint density at radius 2 is 2.10 bits per heavy atom. The van der Waals surface area contributed by atoms with Crippen LogP contribution < -0.4 is 5.32 Å². The Labute approximate surface area is 136 Å². The van der Waals surface area contributed by atoms with Crippen molar-refractivity contribution in [3.8, 4) is 0 Å². The molecule has 21 heavy (non-hydrogen) atoms. The minimum absolute atomic E-state index is 0.199. The van der Waals surface area contributed by atoms with Crippen LogP contribution in [0.4, 0.5) is 4.39 Å². The molecule has 118 valence electrons. The molecule has 4 heteroatoms. The number of halogens is 2. The van der Waals surface area contributed by atoms with Gasteiger partial charge in [-0.15, -0.1) is 0 Å². The fraction of sp³-hybridized carbons (Fsp3) is 0.647. The molecule has 0 aliphatic carbocycles. The second kappa shape index (κ2) is 8.25. The first-order valence-electron chi connectivity index (χ1n) is 8.03. The molecule has 1 atom stereocenters. The molecular formula is C17H26BrFN2. The van der Waals surface area contributed by atoms with Crippen LogP contribution in [0.25, 0.3) is 0 Å². The van der Waals surface area contributed by atoms with E-state index in [2.05, 4.69) is 40.0 Å². The van der Waals surface area contributed by atoms with Gasteiger partial charge in [0, 0.05) is 12.1 Å². The minimum atomic E-state index is -0.199. The molecule has 1 aliphatic heterocycles. The van der Waals surface area contributed by atoms with E-state index in [1.54, 1.807) is 0 Å². The van der Waals surface area contributed by atoms with E-state index in [0.29, 0.717) is 10.5 Å². The highest BCUT2D eigenvalue weighted by Gasteiger charge is 2.20. The number of hydrogen-bond acceptors (Lipinski definition) is 2. The highest BCUT2D eigenvalue weighted by Crippen LogP contribution is 2.23. The lowest BCUT2D eigenvalue weighted by molar-refractivity contribution is 0.190. The Hall–Kier alpha value is -0.450. The van der Waals surface area contributed by atoms with E-state index in [1.165, 1.54) is 51.4 Å². The third-order valence-corrected chi connectivity index (χ3v) is 4.95. The van der Waals surface area contributed by atoms with Gasteiger partial charge in [-0.1, -0.05) is 19.4 Å². The van der Waals surface area contributed by atoms with Crippen LogP contribution in [0, 0.1) is 5.82 Å². The number of nitrogens with one attached hydrogen (secondary N) is 1. The summed E-state index contributed by atoms with van der Waals surface area (Å²) in [6, 6.07) is 6.11. The average Bonchev–Trinajstić information content (AvgIpc) is 2.49. The Kier molecular flexibility index (Phi) is 6.65. The van der Waals surface area contributed by atoms with Gasteiger partial charge in [-0.25, -0.2) is 4.39 Å². The highest BCUT2D eigenvalue weighted by atomic mass is 79.9. The molecule has 1 unspecified atom stereocenters. The van der Waals surface area contributed by atoms with Crippen LogP contribution in [0.1, 0.15) is 51.1 Å². The normalized spacial score (nSPS) is 18.9. The van der Waals surface area contributed by atoms with Crippen molar-refractivity contribution in [2.75, 3.05) is 19.6 Å². The van der Waals surface area contributed by atoms with E-state index in [4.69, 9.17) is 0 Å². The number of piperidine rings is 1. The van der Waals surface area contributed by atoms with Gasteiger partial charge in [-0.2, -0.15) is 0 Å². The van der Waals surface area contributed by atoms with Crippen molar-refractivity contribution in [3.63, 3.8) is 0 Å². The fourth-order valence-corrected chi connectivity index (χ4v) is 3.33. The summed E-state index contributed by atoms with van der Waals surface area (Å²) < 4.78 is 13.8. The van der Waals surface area contributed by atoms with Crippen LogP contribution in [-0.4, -0.2) is 30.6 Å². The molecule has 0 saturated carbocycles. The van der Waals surface area contributed by atoms with Crippen molar-refractivity contribution in [1.82, 2.24) is 10.2 Å². The first kappa shape index (κ1) is 16.9. The maximum Gasteiger partial charge on any atom is 0.137 e. The molecule has 2 nitrogen and oxygen atoms in total. The maximum atomic E-state index is 13.3. The average molecular weight is 357 g/mol. The predicted octanol–water partition coefficient (Wildman–Crippen LogP) is 4.50. The summed E-state index contributed by atoms with van der Waals surface area (Å²) in [5, 5.41) is 3.69. The van der Waals surface area contributed by atoms with Crippen LogP contribution >= 0.6 is 15.9 Å². The van der Waals surface area contributed by atoms with Crippen LogP contribution in [0.15, 0.2) is 22.7 Å². The molecule has 1 aromatic rings. The molecule has 0 amide bonds. The molecular weight excluding hydrogens is 331 g/mol. The summed E-state index contributed by atoms with van der Waals surface area (Å²) >= 11 is 3.26. The van der Waals surface area contributed by atoms with Crippen LogP contribution in [0.2, 0.25) is 0 Å². The van der Waals surface area contributed by atoms with E-state index < -0.39 is 0 Å². The van der Waals surface area contributed by atoms with Gasteiger partial charge in [0.15, 0.2) is 0 Å². The van der Waals surface area contributed by atoms with Gasteiger partial charge in [0.05, 0.1) is 4.47 Å². The standard InChI is InChI=1S/C17H26BrFN2/c1-3-4-9-21-10-7-15(8-11-21)20-13(2)14-5-6-17(19)16(18)12-14/h5-6,12-13,15,20H,3-4,7-11H2,1-2H3. The second-order valence-corrected chi connectivity index (χ2v) is 6.89. The predicted molar refractivity (Wildman–Crippen MR) is 90.0 cm³/mol. The third kappa shape index (κ3) is 5.04. The van der Waals surface area contributed by atoms with Gasteiger partial charge in [0.25, 0.3) is 0 Å². The minimum Gasteiger partial charge on any atom is -0.307 e. The summed E-state index contributed by atoms with van der Waals surface area (Å²) in [5.41, 5.74) is 1.14. The fourth-order valence-electron chi connectivity index (χ4n) is 2.94. The molecule has 1 N–H and O–H groups in total. The summed E-state index contributed by atoms with van der Waals surface area (Å²) in [7, 11) is 0. The van der Waals surface area contributed by atoms with E-state index in [0.717, 1.165) is 5.56 Å². The number of rotatable bonds is 6. The Morgan fingerprint density at radius 3 is 2.71 bits per heavy atom. The first-order chi connectivity index (χ1) is 10.1. The number of unbranched alkanes of at least 4 members (excludes halogenated alkanes) is 1. The third-order valence-electron chi connectivity index (χ3n) is 4.34. The number of hydrogen-bond donors (Lipinski definition) is 1. The molecule has 1 aliphatic rings. The molecule has 0 aromatic heterocycles. The van der Waals surface area contributed by atoms with Gasteiger partial charge >= 0.3 is 0 Å². The van der Waals surface area contributed by atoms with Crippen molar-refractivity contribution in [2.45, 2.75) is 51.6 Å². The molecule has 1 aromatic carbocycles. The summed E-state index contributed by atoms with van der Waals surface area (Å²) in [4.78, 5) is 2.57. The molecule has 1 heterocycles. The molecule has 1 saturated heterocycles. The van der Waals surface area contributed by atoms with E-state index in [1.807, 2.05) is 12.1 Å².